The molecule has 0 radical (unpaired) electrons. The Hall–Kier alpha value is -0.590. The number of amides is 1. The van der Waals surface area contributed by atoms with Gasteiger partial charge in [0, 0.05) is 17.2 Å². The van der Waals surface area contributed by atoms with E-state index in [9.17, 15) is 13.2 Å². The average Bonchev–Trinajstić information content (AvgIpc) is 2.62. The topological polar surface area (TPSA) is 63.2 Å². The van der Waals surface area contributed by atoms with Gasteiger partial charge in [0.15, 0.2) is 0 Å². The first-order valence-electron chi connectivity index (χ1n) is 4.28. The molecule has 0 aliphatic carbocycles. The second-order valence-electron chi connectivity index (χ2n) is 2.81. The molecule has 0 saturated heterocycles. The largest absolute Gasteiger partial charge is 0.351 e. The number of halogens is 1. The summed E-state index contributed by atoms with van der Waals surface area (Å²) in [6.07, 6.45) is 0.831. The summed E-state index contributed by atoms with van der Waals surface area (Å²) in [6, 6.07) is 2.78. The average molecular weight is 268 g/mol. The van der Waals surface area contributed by atoms with Crippen LogP contribution in [-0.4, -0.2) is 20.9 Å². The molecule has 0 aliphatic rings. The Kier molecular flexibility index (Phi) is 4.12. The first-order chi connectivity index (χ1) is 6.95. The highest BCUT2D eigenvalue weighted by Gasteiger charge is 2.16. The molecule has 0 atom stereocenters. The normalized spacial score (nSPS) is 11.3. The maximum absolute atomic E-state index is 11.4. The van der Waals surface area contributed by atoms with Gasteiger partial charge in [0.2, 0.25) is 0 Å². The predicted molar refractivity (Wildman–Crippen MR) is 60.0 cm³/mol. The molecule has 1 amide bonds. The van der Waals surface area contributed by atoms with Crippen LogP contribution in [0.1, 0.15) is 23.0 Å². The van der Waals surface area contributed by atoms with E-state index in [1.54, 1.807) is 0 Å². The zero-order chi connectivity index (χ0) is 11.5. The van der Waals surface area contributed by atoms with Crippen molar-refractivity contribution in [3.8, 4) is 0 Å². The fourth-order valence-electron chi connectivity index (χ4n) is 0.899. The molecule has 0 bridgehead atoms. The van der Waals surface area contributed by atoms with Crippen molar-refractivity contribution >= 4 is 37.0 Å². The van der Waals surface area contributed by atoms with E-state index in [4.69, 9.17) is 10.7 Å². The van der Waals surface area contributed by atoms with Crippen molar-refractivity contribution in [3.05, 3.63) is 17.0 Å². The van der Waals surface area contributed by atoms with Crippen LogP contribution >= 0.6 is 22.0 Å². The summed E-state index contributed by atoms with van der Waals surface area (Å²) in [5.41, 5.74) is 0. The molecule has 4 nitrogen and oxygen atoms in total. The number of hydrogen-bond acceptors (Lipinski definition) is 4. The van der Waals surface area contributed by atoms with Crippen LogP contribution in [0, 0.1) is 0 Å². The minimum absolute atomic E-state index is 0.00850. The summed E-state index contributed by atoms with van der Waals surface area (Å²) in [4.78, 5) is 11.8. The second-order valence-corrected chi connectivity index (χ2v) is 6.69. The van der Waals surface area contributed by atoms with Crippen molar-refractivity contribution in [3.63, 3.8) is 0 Å². The minimum Gasteiger partial charge on any atom is -0.351 e. The molecule has 84 valence electrons. The predicted octanol–water partition coefficient (Wildman–Crippen LogP) is 1.82. The summed E-state index contributed by atoms with van der Waals surface area (Å²) < 4.78 is 21.8. The van der Waals surface area contributed by atoms with E-state index in [1.807, 2.05) is 6.92 Å². The molecule has 0 aromatic carbocycles. The summed E-state index contributed by atoms with van der Waals surface area (Å²) in [5, 5.41) is 2.65. The van der Waals surface area contributed by atoms with Crippen LogP contribution in [0.15, 0.2) is 16.3 Å². The van der Waals surface area contributed by atoms with Crippen LogP contribution in [0.25, 0.3) is 0 Å². The maximum atomic E-state index is 11.4. The molecular formula is C8H10ClNO3S2. The maximum Gasteiger partial charge on any atom is 0.270 e. The highest BCUT2D eigenvalue weighted by molar-refractivity contribution is 8.15. The first-order valence-corrected chi connectivity index (χ1v) is 7.40. The van der Waals surface area contributed by atoms with Gasteiger partial charge in [-0.2, -0.15) is 0 Å². The Bertz CT molecular complexity index is 452. The van der Waals surface area contributed by atoms with E-state index in [-0.39, 0.29) is 10.1 Å². The lowest BCUT2D eigenvalue weighted by atomic mass is 10.4. The van der Waals surface area contributed by atoms with E-state index >= 15 is 0 Å². The van der Waals surface area contributed by atoms with Gasteiger partial charge in [0.1, 0.15) is 4.21 Å². The summed E-state index contributed by atoms with van der Waals surface area (Å²) >= 11 is 0.866. The second kappa shape index (κ2) is 4.96. The summed E-state index contributed by atoms with van der Waals surface area (Å²) in [6.45, 7) is 2.50. The van der Waals surface area contributed by atoms with Crippen LogP contribution in [0.4, 0.5) is 0 Å². The standard InChI is InChI=1S/C8H10ClNO3S2/c1-2-5-10-8(11)6-3-4-7(14-6)15(9,12)13/h3-4H,2,5H2,1H3,(H,10,11). The van der Waals surface area contributed by atoms with Gasteiger partial charge in [-0.3, -0.25) is 4.79 Å². The van der Waals surface area contributed by atoms with Crippen LogP contribution in [-0.2, 0) is 9.05 Å². The lowest BCUT2D eigenvalue weighted by Crippen LogP contribution is -2.22. The summed E-state index contributed by atoms with van der Waals surface area (Å²) in [5.74, 6) is -0.270. The van der Waals surface area contributed by atoms with Gasteiger partial charge in [-0.15, -0.1) is 11.3 Å². The monoisotopic (exact) mass is 267 g/mol. The van der Waals surface area contributed by atoms with Crippen molar-refractivity contribution in [2.45, 2.75) is 17.6 Å². The first kappa shape index (κ1) is 12.5. The molecule has 1 rings (SSSR count). The molecule has 7 heteroatoms. The fourth-order valence-corrected chi connectivity index (χ4v) is 2.89. The molecule has 0 unspecified atom stereocenters. The molecule has 0 aliphatic heterocycles. The number of carbonyl (C=O) groups excluding carboxylic acids is 1. The third kappa shape index (κ3) is 3.48. The van der Waals surface area contributed by atoms with E-state index in [0.29, 0.717) is 11.4 Å². The lowest BCUT2D eigenvalue weighted by Gasteiger charge is -1.99. The van der Waals surface area contributed by atoms with Crippen LogP contribution < -0.4 is 5.32 Å². The van der Waals surface area contributed by atoms with Crippen LogP contribution in [0.3, 0.4) is 0 Å². The van der Waals surface area contributed by atoms with Crippen molar-refractivity contribution in [1.29, 1.82) is 0 Å². The lowest BCUT2D eigenvalue weighted by molar-refractivity contribution is 0.0957. The van der Waals surface area contributed by atoms with Gasteiger partial charge in [-0.05, 0) is 18.6 Å². The summed E-state index contributed by atoms with van der Waals surface area (Å²) in [7, 11) is 1.41. The van der Waals surface area contributed by atoms with E-state index < -0.39 is 9.05 Å². The van der Waals surface area contributed by atoms with Crippen LogP contribution in [0.5, 0.6) is 0 Å². The minimum atomic E-state index is -3.73. The van der Waals surface area contributed by atoms with Crippen LogP contribution in [0.2, 0.25) is 0 Å². The highest BCUT2D eigenvalue weighted by Crippen LogP contribution is 2.24. The van der Waals surface area contributed by atoms with Gasteiger partial charge in [-0.1, -0.05) is 6.92 Å². The smallest absolute Gasteiger partial charge is 0.270 e. The SMILES string of the molecule is CCCNC(=O)c1ccc(S(=O)(=O)Cl)s1. The number of hydrogen-bond donors (Lipinski definition) is 1. The van der Waals surface area contributed by atoms with Gasteiger partial charge in [0.05, 0.1) is 4.88 Å². The Balaban J connectivity index is 2.81. The Morgan fingerprint density at radius 2 is 2.20 bits per heavy atom. The molecule has 15 heavy (non-hydrogen) atoms. The van der Waals surface area contributed by atoms with Crippen molar-refractivity contribution < 1.29 is 13.2 Å². The highest BCUT2D eigenvalue weighted by atomic mass is 35.7. The zero-order valence-corrected chi connectivity index (χ0v) is 10.4. The molecular weight excluding hydrogens is 258 g/mol. The Labute approximate surface area is 96.7 Å². The molecule has 1 heterocycles. The number of thiophene rings is 1. The van der Waals surface area contributed by atoms with Gasteiger partial charge in [0.25, 0.3) is 15.0 Å². The molecule has 0 spiro atoms. The molecule has 1 aromatic heterocycles. The quantitative estimate of drug-likeness (QED) is 0.847. The Morgan fingerprint density at radius 1 is 1.53 bits per heavy atom. The van der Waals surface area contributed by atoms with E-state index in [1.165, 1.54) is 12.1 Å². The molecule has 1 N–H and O–H groups in total. The zero-order valence-electron chi connectivity index (χ0n) is 7.99. The van der Waals surface area contributed by atoms with E-state index in [2.05, 4.69) is 5.32 Å². The Morgan fingerprint density at radius 3 is 2.67 bits per heavy atom. The number of carbonyl (C=O) groups is 1. The molecule has 1 aromatic rings. The third-order valence-corrected chi connectivity index (χ3v) is 4.76. The number of nitrogens with one attached hydrogen (secondary N) is 1. The van der Waals surface area contributed by atoms with Gasteiger partial charge >= 0.3 is 0 Å². The third-order valence-electron chi connectivity index (χ3n) is 1.58. The molecule has 0 fully saturated rings. The van der Waals surface area contributed by atoms with E-state index in [0.717, 1.165) is 17.8 Å². The fraction of sp³-hybridized carbons (Fsp3) is 0.375. The van der Waals surface area contributed by atoms with Gasteiger partial charge in [-0.25, -0.2) is 8.42 Å². The van der Waals surface area contributed by atoms with Gasteiger partial charge < -0.3 is 5.32 Å². The van der Waals surface area contributed by atoms with Crippen molar-refractivity contribution in [2.24, 2.45) is 0 Å². The van der Waals surface area contributed by atoms with Crippen molar-refractivity contribution in [2.75, 3.05) is 6.54 Å². The number of rotatable bonds is 4. The van der Waals surface area contributed by atoms with Crippen molar-refractivity contribution in [1.82, 2.24) is 5.32 Å². The molecule has 0 saturated carbocycles.